The molecule has 1 N–H and O–H groups in total. The van der Waals surface area contributed by atoms with Crippen molar-refractivity contribution in [3.8, 4) is 0 Å². The van der Waals surface area contributed by atoms with Crippen LogP contribution in [-0.4, -0.2) is 22.3 Å². The van der Waals surface area contributed by atoms with Crippen LogP contribution in [0.3, 0.4) is 0 Å². The highest BCUT2D eigenvalue weighted by Gasteiger charge is 2.05. The van der Waals surface area contributed by atoms with E-state index in [2.05, 4.69) is 42.2 Å². The van der Waals surface area contributed by atoms with E-state index >= 15 is 0 Å². The van der Waals surface area contributed by atoms with E-state index in [9.17, 15) is 4.79 Å². The van der Waals surface area contributed by atoms with Gasteiger partial charge in [0, 0.05) is 28.2 Å². The fourth-order valence-corrected chi connectivity index (χ4v) is 1.62. The Morgan fingerprint density at radius 2 is 2.33 bits per heavy atom. The van der Waals surface area contributed by atoms with E-state index in [-0.39, 0.29) is 5.91 Å². The molecule has 0 fully saturated rings. The van der Waals surface area contributed by atoms with Crippen molar-refractivity contribution in [2.45, 2.75) is 18.2 Å². The van der Waals surface area contributed by atoms with Crippen molar-refractivity contribution >= 4 is 37.8 Å². The van der Waals surface area contributed by atoms with E-state index in [0.717, 1.165) is 10.9 Å². The first-order valence-electron chi connectivity index (χ1n) is 4.62. The second kappa shape index (κ2) is 6.23. The number of halogens is 2. The fourth-order valence-electron chi connectivity index (χ4n) is 1.02. The minimum absolute atomic E-state index is 0.0862. The molecule has 0 spiro atoms. The smallest absolute Gasteiger partial charge is 0.252 e. The van der Waals surface area contributed by atoms with Gasteiger partial charge in [0.1, 0.15) is 0 Å². The van der Waals surface area contributed by atoms with Gasteiger partial charge < -0.3 is 5.32 Å². The highest BCUT2D eigenvalue weighted by Crippen LogP contribution is 2.09. The molecule has 1 rings (SSSR count). The average molecular weight is 336 g/mol. The molecular formula is C10H12Br2N2O. The van der Waals surface area contributed by atoms with Crippen molar-refractivity contribution in [3.05, 3.63) is 28.5 Å². The zero-order valence-corrected chi connectivity index (χ0v) is 11.5. The summed E-state index contributed by atoms with van der Waals surface area (Å²) in [5, 5.41) is 2.83. The number of hydrogen-bond donors (Lipinski definition) is 1. The van der Waals surface area contributed by atoms with Crippen molar-refractivity contribution in [2.24, 2.45) is 0 Å². The molecule has 0 aromatic carbocycles. The number of amides is 1. The van der Waals surface area contributed by atoms with Gasteiger partial charge >= 0.3 is 0 Å². The summed E-state index contributed by atoms with van der Waals surface area (Å²) in [4.78, 5) is 15.9. The van der Waals surface area contributed by atoms with Gasteiger partial charge in [-0.1, -0.05) is 22.9 Å². The van der Waals surface area contributed by atoms with Gasteiger partial charge in [0.25, 0.3) is 5.91 Å². The summed E-state index contributed by atoms with van der Waals surface area (Å²) < 4.78 is 0.809. The number of carbonyl (C=O) groups excluding carboxylic acids is 1. The average Bonchev–Trinajstić information content (AvgIpc) is 2.17. The highest BCUT2D eigenvalue weighted by atomic mass is 79.9. The lowest BCUT2D eigenvalue weighted by atomic mass is 10.2. The van der Waals surface area contributed by atoms with Gasteiger partial charge in [-0.15, -0.1) is 0 Å². The molecule has 1 heterocycles. The molecule has 0 aliphatic carbocycles. The van der Waals surface area contributed by atoms with Crippen LogP contribution >= 0.6 is 31.9 Å². The quantitative estimate of drug-likeness (QED) is 0.860. The van der Waals surface area contributed by atoms with Crippen LogP contribution in [0.4, 0.5) is 0 Å². The summed E-state index contributed by atoms with van der Waals surface area (Å²) in [5.41, 5.74) is 0.576. The Bertz CT molecular complexity index is 342. The molecule has 15 heavy (non-hydrogen) atoms. The van der Waals surface area contributed by atoms with Crippen LogP contribution in [0.2, 0.25) is 0 Å². The van der Waals surface area contributed by atoms with Gasteiger partial charge in [-0.2, -0.15) is 0 Å². The summed E-state index contributed by atoms with van der Waals surface area (Å²) >= 11 is 6.69. The maximum absolute atomic E-state index is 11.6. The third-order valence-corrected chi connectivity index (χ3v) is 2.69. The van der Waals surface area contributed by atoms with Crippen LogP contribution < -0.4 is 5.32 Å². The van der Waals surface area contributed by atoms with E-state index in [1.807, 2.05) is 6.92 Å². The number of hydrogen-bond acceptors (Lipinski definition) is 2. The Kier molecular flexibility index (Phi) is 5.25. The molecule has 5 heteroatoms. The van der Waals surface area contributed by atoms with Gasteiger partial charge in [0.15, 0.2) is 0 Å². The predicted octanol–water partition coefficient (Wildman–Crippen LogP) is 2.75. The van der Waals surface area contributed by atoms with Crippen molar-refractivity contribution in [3.63, 3.8) is 0 Å². The molecule has 0 bridgehead atoms. The van der Waals surface area contributed by atoms with Gasteiger partial charge in [-0.05, 0) is 28.4 Å². The number of pyridine rings is 1. The lowest BCUT2D eigenvalue weighted by Gasteiger charge is -2.06. The Morgan fingerprint density at radius 1 is 1.60 bits per heavy atom. The lowest BCUT2D eigenvalue weighted by molar-refractivity contribution is 0.0953. The van der Waals surface area contributed by atoms with E-state index in [1.165, 1.54) is 0 Å². The summed E-state index contributed by atoms with van der Waals surface area (Å²) in [6.45, 7) is 2.71. The molecule has 0 saturated carbocycles. The first-order chi connectivity index (χ1) is 7.09. The van der Waals surface area contributed by atoms with Crippen LogP contribution in [0.5, 0.6) is 0 Å². The molecule has 0 aliphatic rings. The molecule has 82 valence electrons. The standard InChI is InChI=1S/C10H12Br2N2O/c1-7(11)2-3-14-10(15)8-4-9(12)6-13-5-8/h4-7H,2-3H2,1H3,(H,14,15). The third-order valence-electron chi connectivity index (χ3n) is 1.79. The fraction of sp³-hybridized carbons (Fsp3) is 0.400. The van der Waals surface area contributed by atoms with Crippen molar-refractivity contribution in [1.29, 1.82) is 0 Å². The van der Waals surface area contributed by atoms with Gasteiger partial charge in [0.2, 0.25) is 0 Å². The van der Waals surface area contributed by atoms with Gasteiger partial charge in [0.05, 0.1) is 5.56 Å². The summed E-state index contributed by atoms with van der Waals surface area (Å²) in [7, 11) is 0. The van der Waals surface area contributed by atoms with Crippen LogP contribution in [0, 0.1) is 0 Å². The molecule has 0 aliphatic heterocycles. The zero-order valence-electron chi connectivity index (χ0n) is 8.34. The van der Waals surface area contributed by atoms with Gasteiger partial charge in [-0.25, -0.2) is 0 Å². The van der Waals surface area contributed by atoms with Crippen LogP contribution in [0.15, 0.2) is 22.9 Å². The Balaban J connectivity index is 2.47. The largest absolute Gasteiger partial charge is 0.352 e. The summed E-state index contributed by atoms with van der Waals surface area (Å²) in [6, 6.07) is 1.75. The molecule has 1 atom stereocenters. The molecule has 3 nitrogen and oxygen atoms in total. The predicted molar refractivity (Wildman–Crippen MR) is 67.3 cm³/mol. The Hall–Kier alpha value is -0.420. The third kappa shape index (κ3) is 4.75. The van der Waals surface area contributed by atoms with Crippen molar-refractivity contribution < 1.29 is 4.79 Å². The summed E-state index contributed by atoms with van der Waals surface area (Å²) in [5.74, 6) is -0.0862. The van der Waals surface area contributed by atoms with E-state index < -0.39 is 0 Å². The monoisotopic (exact) mass is 334 g/mol. The highest BCUT2D eigenvalue weighted by molar-refractivity contribution is 9.10. The Morgan fingerprint density at radius 3 is 2.93 bits per heavy atom. The topological polar surface area (TPSA) is 42.0 Å². The molecule has 1 aromatic heterocycles. The Labute approximate surface area is 106 Å². The maximum Gasteiger partial charge on any atom is 0.252 e. The summed E-state index contributed by atoms with van der Waals surface area (Å²) in [6.07, 6.45) is 4.11. The minimum Gasteiger partial charge on any atom is -0.352 e. The molecule has 1 amide bonds. The second-order valence-corrected chi connectivity index (χ2v) is 5.70. The number of nitrogens with one attached hydrogen (secondary N) is 1. The number of alkyl halides is 1. The first kappa shape index (κ1) is 12.6. The molecule has 0 saturated heterocycles. The van der Waals surface area contributed by atoms with E-state index in [4.69, 9.17) is 0 Å². The second-order valence-electron chi connectivity index (χ2n) is 3.22. The van der Waals surface area contributed by atoms with E-state index in [0.29, 0.717) is 16.9 Å². The van der Waals surface area contributed by atoms with Crippen LogP contribution in [-0.2, 0) is 0 Å². The van der Waals surface area contributed by atoms with Gasteiger partial charge in [-0.3, -0.25) is 9.78 Å². The van der Waals surface area contributed by atoms with Crippen LogP contribution in [0.25, 0.3) is 0 Å². The van der Waals surface area contributed by atoms with E-state index in [1.54, 1.807) is 18.5 Å². The zero-order chi connectivity index (χ0) is 11.3. The molecule has 1 unspecified atom stereocenters. The molecule has 1 aromatic rings. The lowest BCUT2D eigenvalue weighted by Crippen LogP contribution is -2.25. The molecule has 0 radical (unpaired) electrons. The van der Waals surface area contributed by atoms with Crippen LogP contribution in [0.1, 0.15) is 23.7 Å². The number of rotatable bonds is 4. The minimum atomic E-state index is -0.0862. The van der Waals surface area contributed by atoms with Crippen molar-refractivity contribution in [2.75, 3.05) is 6.54 Å². The maximum atomic E-state index is 11.6. The number of aromatic nitrogens is 1. The first-order valence-corrected chi connectivity index (χ1v) is 6.33. The normalized spacial score (nSPS) is 12.2. The van der Waals surface area contributed by atoms with Crippen molar-refractivity contribution in [1.82, 2.24) is 10.3 Å². The number of carbonyl (C=O) groups is 1. The SMILES string of the molecule is CC(Br)CCNC(=O)c1cncc(Br)c1. The number of nitrogens with zero attached hydrogens (tertiary/aromatic N) is 1. The molecular weight excluding hydrogens is 324 g/mol.